The number of carbonyl (C=O) groups excluding carboxylic acids is 1. The van der Waals surface area contributed by atoms with Crippen molar-refractivity contribution in [1.29, 1.82) is 0 Å². The Morgan fingerprint density at radius 2 is 1.96 bits per heavy atom. The number of nitrogens with zero attached hydrogens (tertiary/aromatic N) is 2. The zero-order chi connectivity index (χ0) is 16.7. The number of aromatic nitrogens is 2. The van der Waals surface area contributed by atoms with E-state index < -0.39 is 0 Å². The minimum atomic E-state index is -0.183. The van der Waals surface area contributed by atoms with Crippen molar-refractivity contribution >= 4 is 11.9 Å². The maximum Gasteiger partial charge on any atom is 0.270 e. The molecule has 0 fully saturated rings. The summed E-state index contributed by atoms with van der Waals surface area (Å²) in [4.78, 5) is 21.0. The van der Waals surface area contributed by atoms with Gasteiger partial charge in [0.15, 0.2) is 0 Å². The van der Waals surface area contributed by atoms with E-state index in [4.69, 9.17) is 0 Å². The molecule has 0 aliphatic heterocycles. The summed E-state index contributed by atoms with van der Waals surface area (Å²) in [7, 11) is 0. The second-order valence-electron chi connectivity index (χ2n) is 5.61. The normalized spacial score (nSPS) is 10.4. The third-order valence-electron chi connectivity index (χ3n) is 3.60. The Hall–Kier alpha value is -2.43. The van der Waals surface area contributed by atoms with Crippen LogP contribution in [0.4, 0.5) is 5.95 Å². The van der Waals surface area contributed by atoms with E-state index in [2.05, 4.69) is 27.5 Å². The quantitative estimate of drug-likeness (QED) is 0.770. The fourth-order valence-electron chi connectivity index (χ4n) is 2.22. The summed E-state index contributed by atoms with van der Waals surface area (Å²) in [5.74, 6) is 0.330. The molecule has 2 aromatic rings. The SMILES string of the molecule is CCCCNc1nc(C)cc(C(=O)NCc2ccccc2C)n1. The molecule has 23 heavy (non-hydrogen) atoms. The van der Waals surface area contributed by atoms with Gasteiger partial charge in [-0.2, -0.15) is 0 Å². The first-order valence-electron chi connectivity index (χ1n) is 8.02. The van der Waals surface area contributed by atoms with Gasteiger partial charge in [-0.15, -0.1) is 0 Å². The fourth-order valence-corrected chi connectivity index (χ4v) is 2.22. The van der Waals surface area contributed by atoms with Crippen LogP contribution in [-0.4, -0.2) is 22.4 Å². The van der Waals surface area contributed by atoms with Crippen LogP contribution in [0.15, 0.2) is 30.3 Å². The van der Waals surface area contributed by atoms with Crippen LogP contribution in [0.25, 0.3) is 0 Å². The lowest BCUT2D eigenvalue weighted by Gasteiger charge is -2.10. The highest BCUT2D eigenvalue weighted by molar-refractivity contribution is 5.92. The lowest BCUT2D eigenvalue weighted by atomic mass is 10.1. The van der Waals surface area contributed by atoms with Crippen LogP contribution in [0, 0.1) is 13.8 Å². The number of amides is 1. The van der Waals surface area contributed by atoms with Gasteiger partial charge < -0.3 is 10.6 Å². The minimum Gasteiger partial charge on any atom is -0.354 e. The number of rotatable bonds is 7. The summed E-state index contributed by atoms with van der Waals surface area (Å²) in [6, 6.07) is 9.71. The van der Waals surface area contributed by atoms with Crippen LogP contribution in [-0.2, 0) is 6.54 Å². The van der Waals surface area contributed by atoms with Crippen molar-refractivity contribution in [2.45, 2.75) is 40.2 Å². The van der Waals surface area contributed by atoms with Crippen LogP contribution in [0.3, 0.4) is 0 Å². The average Bonchev–Trinajstić information content (AvgIpc) is 2.53. The van der Waals surface area contributed by atoms with Gasteiger partial charge in [-0.25, -0.2) is 9.97 Å². The molecular weight excluding hydrogens is 288 g/mol. The molecule has 0 bridgehead atoms. The third-order valence-corrected chi connectivity index (χ3v) is 3.60. The molecular formula is C18H24N4O. The summed E-state index contributed by atoms with van der Waals surface area (Å²) in [5.41, 5.74) is 3.44. The van der Waals surface area contributed by atoms with Gasteiger partial charge in [-0.05, 0) is 37.5 Å². The zero-order valence-electron chi connectivity index (χ0n) is 14.0. The van der Waals surface area contributed by atoms with Crippen LogP contribution in [0.1, 0.15) is 47.1 Å². The number of carbonyl (C=O) groups is 1. The summed E-state index contributed by atoms with van der Waals surface area (Å²) >= 11 is 0. The van der Waals surface area contributed by atoms with Crippen molar-refractivity contribution < 1.29 is 4.79 Å². The van der Waals surface area contributed by atoms with E-state index >= 15 is 0 Å². The Labute approximate surface area is 137 Å². The number of aryl methyl sites for hydroxylation is 2. The molecule has 5 nitrogen and oxygen atoms in total. The van der Waals surface area contributed by atoms with Crippen molar-refractivity contribution in [3.8, 4) is 0 Å². The van der Waals surface area contributed by atoms with Crippen molar-refractivity contribution in [1.82, 2.24) is 15.3 Å². The van der Waals surface area contributed by atoms with Gasteiger partial charge in [0.25, 0.3) is 5.91 Å². The molecule has 122 valence electrons. The molecule has 1 heterocycles. The molecule has 0 saturated carbocycles. The predicted molar refractivity (Wildman–Crippen MR) is 92.5 cm³/mol. The highest BCUT2D eigenvalue weighted by atomic mass is 16.1. The number of anilines is 1. The number of benzene rings is 1. The summed E-state index contributed by atoms with van der Waals surface area (Å²) in [6.45, 7) is 7.33. The molecule has 2 N–H and O–H groups in total. The molecule has 0 unspecified atom stereocenters. The monoisotopic (exact) mass is 312 g/mol. The van der Waals surface area contributed by atoms with E-state index in [0.717, 1.165) is 36.2 Å². The van der Waals surface area contributed by atoms with Crippen LogP contribution in [0.2, 0.25) is 0 Å². The van der Waals surface area contributed by atoms with E-state index in [1.165, 1.54) is 0 Å². The molecule has 0 radical (unpaired) electrons. The first-order chi connectivity index (χ1) is 11.1. The van der Waals surface area contributed by atoms with E-state index in [0.29, 0.717) is 18.2 Å². The smallest absolute Gasteiger partial charge is 0.270 e. The van der Waals surface area contributed by atoms with Gasteiger partial charge in [0.1, 0.15) is 5.69 Å². The van der Waals surface area contributed by atoms with Crippen LogP contribution >= 0.6 is 0 Å². The fraction of sp³-hybridized carbons (Fsp3) is 0.389. The van der Waals surface area contributed by atoms with Gasteiger partial charge >= 0.3 is 0 Å². The lowest BCUT2D eigenvalue weighted by molar-refractivity contribution is 0.0945. The number of hydrogen-bond acceptors (Lipinski definition) is 4. The minimum absolute atomic E-state index is 0.183. The second kappa shape index (κ2) is 8.27. The largest absolute Gasteiger partial charge is 0.354 e. The third kappa shape index (κ3) is 5.06. The molecule has 1 aromatic carbocycles. The molecule has 1 amide bonds. The molecule has 0 spiro atoms. The van der Waals surface area contributed by atoms with E-state index in [1.54, 1.807) is 6.07 Å². The molecule has 5 heteroatoms. The highest BCUT2D eigenvalue weighted by Gasteiger charge is 2.10. The van der Waals surface area contributed by atoms with Gasteiger partial charge in [0.05, 0.1) is 0 Å². The Morgan fingerprint density at radius 1 is 1.17 bits per heavy atom. The second-order valence-corrected chi connectivity index (χ2v) is 5.61. The van der Waals surface area contributed by atoms with E-state index in [-0.39, 0.29) is 5.91 Å². The van der Waals surface area contributed by atoms with Crippen LogP contribution < -0.4 is 10.6 Å². The molecule has 1 aromatic heterocycles. The first kappa shape index (κ1) is 16.9. The van der Waals surface area contributed by atoms with Gasteiger partial charge in [0, 0.05) is 18.8 Å². The van der Waals surface area contributed by atoms with Crippen molar-refractivity contribution in [2.24, 2.45) is 0 Å². The zero-order valence-corrected chi connectivity index (χ0v) is 14.0. The Balaban J connectivity index is 2.02. The number of nitrogens with one attached hydrogen (secondary N) is 2. The predicted octanol–water partition coefficient (Wildman–Crippen LogP) is 3.24. The van der Waals surface area contributed by atoms with Gasteiger partial charge in [0.2, 0.25) is 5.95 Å². The highest BCUT2D eigenvalue weighted by Crippen LogP contribution is 2.08. The summed E-state index contributed by atoms with van der Waals surface area (Å²) < 4.78 is 0. The van der Waals surface area contributed by atoms with Crippen molar-refractivity contribution in [2.75, 3.05) is 11.9 Å². The van der Waals surface area contributed by atoms with Crippen LogP contribution in [0.5, 0.6) is 0 Å². The van der Waals surface area contributed by atoms with Crippen molar-refractivity contribution in [3.63, 3.8) is 0 Å². The van der Waals surface area contributed by atoms with Crippen molar-refractivity contribution in [3.05, 3.63) is 52.8 Å². The average molecular weight is 312 g/mol. The Morgan fingerprint density at radius 3 is 2.70 bits per heavy atom. The van der Waals surface area contributed by atoms with Gasteiger partial charge in [-0.1, -0.05) is 37.6 Å². The van der Waals surface area contributed by atoms with E-state index in [9.17, 15) is 4.79 Å². The topological polar surface area (TPSA) is 66.9 Å². The standard InChI is InChI=1S/C18H24N4O/c1-4-5-10-19-18-21-14(3)11-16(22-18)17(23)20-12-15-9-7-6-8-13(15)2/h6-9,11H,4-5,10,12H2,1-3H3,(H,20,23)(H,19,21,22). The van der Waals surface area contributed by atoms with Gasteiger partial charge in [-0.3, -0.25) is 4.79 Å². The first-order valence-corrected chi connectivity index (χ1v) is 8.02. The Bertz CT molecular complexity index is 670. The molecule has 0 saturated heterocycles. The molecule has 0 aliphatic carbocycles. The number of hydrogen-bond donors (Lipinski definition) is 2. The number of unbranched alkanes of at least 4 members (excludes halogenated alkanes) is 1. The van der Waals surface area contributed by atoms with E-state index in [1.807, 2.05) is 38.1 Å². The Kier molecular flexibility index (Phi) is 6.09. The molecule has 0 atom stereocenters. The lowest BCUT2D eigenvalue weighted by Crippen LogP contribution is -2.25. The molecule has 2 rings (SSSR count). The summed E-state index contributed by atoms with van der Waals surface area (Å²) in [6.07, 6.45) is 2.15. The summed E-state index contributed by atoms with van der Waals surface area (Å²) in [5, 5.41) is 6.08. The molecule has 0 aliphatic rings. The maximum absolute atomic E-state index is 12.3. The maximum atomic E-state index is 12.3.